The average Bonchev–Trinajstić information content (AvgIpc) is 3.38. The fourth-order valence-electron chi connectivity index (χ4n) is 7.48. The summed E-state index contributed by atoms with van der Waals surface area (Å²) in [5, 5.41) is 11.5. The number of halogens is 3. The van der Waals surface area contributed by atoms with Gasteiger partial charge in [0.05, 0.1) is 23.8 Å². The maximum absolute atomic E-state index is 16.9. The van der Waals surface area contributed by atoms with Crippen LogP contribution in [0.1, 0.15) is 31.2 Å². The van der Waals surface area contributed by atoms with Crippen molar-refractivity contribution < 1.29 is 32.5 Å². The minimum Gasteiger partial charge on any atom is -0.508 e. The van der Waals surface area contributed by atoms with E-state index in [-0.39, 0.29) is 70.0 Å². The van der Waals surface area contributed by atoms with E-state index in [0.717, 1.165) is 19.4 Å². The van der Waals surface area contributed by atoms with E-state index >= 15 is 4.39 Å². The molecule has 4 aliphatic heterocycles. The largest absolute Gasteiger partial charge is 0.508 e. The molecule has 0 amide bonds. The summed E-state index contributed by atoms with van der Waals surface area (Å²) >= 11 is 0. The van der Waals surface area contributed by atoms with Crippen molar-refractivity contribution in [2.45, 2.75) is 43.4 Å². The third-order valence-electron chi connectivity index (χ3n) is 9.52. The van der Waals surface area contributed by atoms with Crippen molar-refractivity contribution in [2.24, 2.45) is 0 Å². The number of hydrogen-bond acceptors (Lipinski definition) is 9. The molecule has 3 fully saturated rings. The lowest BCUT2D eigenvalue weighted by Gasteiger charge is -2.31. The van der Waals surface area contributed by atoms with Crippen molar-refractivity contribution >= 4 is 27.5 Å². The Hall–Kier alpha value is -4.34. The Kier molecular flexibility index (Phi) is 6.65. The second-order valence-electron chi connectivity index (χ2n) is 12.2. The number of phenols is 1. The number of phenolic OH excluding ortho intramolecular Hbond substituents is 1. The molecule has 6 heterocycles. The molecule has 45 heavy (non-hydrogen) atoms. The van der Waals surface area contributed by atoms with Gasteiger partial charge in [-0.05, 0) is 49.4 Å². The number of aromatic hydroxyl groups is 1. The van der Waals surface area contributed by atoms with E-state index in [2.05, 4.69) is 20.8 Å². The van der Waals surface area contributed by atoms with E-state index < -0.39 is 23.3 Å². The van der Waals surface area contributed by atoms with Crippen molar-refractivity contribution in [1.82, 2.24) is 19.9 Å². The minimum atomic E-state index is -0.936. The first-order valence-corrected chi connectivity index (χ1v) is 15.2. The maximum atomic E-state index is 16.9. The van der Waals surface area contributed by atoms with Gasteiger partial charge >= 0.3 is 6.01 Å². The molecule has 2 aromatic heterocycles. The number of pyridine rings is 1. The number of benzene rings is 2. The third kappa shape index (κ3) is 4.51. The van der Waals surface area contributed by atoms with Crippen molar-refractivity contribution in [3.8, 4) is 41.2 Å². The number of rotatable bonds is 4. The Balaban J connectivity index is 1.33. The number of alkyl halides is 1. The third-order valence-corrected chi connectivity index (χ3v) is 9.52. The predicted molar refractivity (Wildman–Crippen MR) is 160 cm³/mol. The van der Waals surface area contributed by atoms with Crippen LogP contribution in [0.2, 0.25) is 0 Å². The molecule has 232 valence electrons. The highest BCUT2D eigenvalue weighted by molar-refractivity contribution is 6.04. The van der Waals surface area contributed by atoms with Crippen LogP contribution < -0.4 is 14.4 Å². The average molecular weight is 618 g/mol. The van der Waals surface area contributed by atoms with Gasteiger partial charge in [0.2, 0.25) is 5.88 Å². The van der Waals surface area contributed by atoms with Crippen LogP contribution in [0.15, 0.2) is 24.3 Å². The molecule has 0 radical (unpaired) electrons. The fraction of sp³-hybridized carbons (Fsp3) is 0.424. The number of fused-ring (bicyclic) bond motifs is 4. The zero-order valence-electron chi connectivity index (χ0n) is 24.4. The summed E-state index contributed by atoms with van der Waals surface area (Å²) in [5.41, 5.74) is -0.789. The molecule has 3 saturated heterocycles. The molecule has 1 N–H and O–H groups in total. The Morgan fingerprint density at radius 2 is 2.00 bits per heavy atom. The Labute approximate surface area is 256 Å². The highest BCUT2D eigenvalue weighted by atomic mass is 19.1. The quantitative estimate of drug-likeness (QED) is 0.326. The van der Waals surface area contributed by atoms with Crippen molar-refractivity contribution in [3.63, 3.8) is 0 Å². The summed E-state index contributed by atoms with van der Waals surface area (Å²) in [6.45, 7) is 3.01. The molecule has 8 rings (SSSR count). The van der Waals surface area contributed by atoms with Gasteiger partial charge in [-0.2, -0.15) is 9.97 Å². The molecule has 4 aliphatic rings. The van der Waals surface area contributed by atoms with Crippen LogP contribution in [0.5, 0.6) is 17.6 Å². The smallest absolute Gasteiger partial charge is 0.319 e. The number of anilines is 1. The lowest BCUT2D eigenvalue weighted by molar-refractivity contribution is 0.107. The molecule has 12 heteroatoms. The van der Waals surface area contributed by atoms with Gasteiger partial charge in [-0.15, -0.1) is 6.42 Å². The number of hydrogen-bond donors (Lipinski definition) is 1. The van der Waals surface area contributed by atoms with Gasteiger partial charge in [0.25, 0.3) is 0 Å². The summed E-state index contributed by atoms with van der Waals surface area (Å²) in [6.07, 6.45) is 7.56. The summed E-state index contributed by atoms with van der Waals surface area (Å²) in [4.78, 5) is 18.1. The number of nitrogens with zero attached hydrogens (tertiary/aromatic N) is 5. The molecule has 0 aliphatic carbocycles. The van der Waals surface area contributed by atoms with Crippen LogP contribution in [0.4, 0.5) is 19.0 Å². The summed E-state index contributed by atoms with van der Waals surface area (Å²) in [5.74, 6) is 1.18. The van der Waals surface area contributed by atoms with Gasteiger partial charge in [0.15, 0.2) is 5.82 Å². The lowest BCUT2D eigenvalue weighted by atomic mass is 9.95. The summed E-state index contributed by atoms with van der Waals surface area (Å²) < 4.78 is 64.5. The number of ether oxygens (including phenoxy) is 3. The molecule has 9 nitrogen and oxygen atoms in total. The van der Waals surface area contributed by atoms with E-state index in [1.54, 1.807) is 0 Å². The van der Waals surface area contributed by atoms with E-state index in [1.807, 2.05) is 4.90 Å². The fourth-order valence-corrected chi connectivity index (χ4v) is 7.48. The summed E-state index contributed by atoms with van der Waals surface area (Å²) in [7, 11) is 0. The summed E-state index contributed by atoms with van der Waals surface area (Å²) in [6, 6.07) is 5.09. The van der Waals surface area contributed by atoms with E-state index in [1.165, 1.54) is 24.3 Å². The van der Waals surface area contributed by atoms with Gasteiger partial charge in [-0.1, -0.05) is 12.0 Å². The molecule has 0 unspecified atom stereocenters. The highest BCUT2D eigenvalue weighted by Gasteiger charge is 2.49. The number of aromatic nitrogens is 3. The molecular formula is C33H30F3N5O4. The first-order valence-electron chi connectivity index (χ1n) is 15.2. The lowest BCUT2D eigenvalue weighted by Crippen LogP contribution is -2.43. The zero-order valence-corrected chi connectivity index (χ0v) is 24.4. The van der Waals surface area contributed by atoms with Gasteiger partial charge in [-0.25, -0.2) is 18.2 Å². The van der Waals surface area contributed by atoms with Crippen LogP contribution in [0.25, 0.3) is 32.9 Å². The van der Waals surface area contributed by atoms with Gasteiger partial charge in [0.1, 0.15) is 53.4 Å². The maximum Gasteiger partial charge on any atom is 0.319 e. The molecule has 0 spiro atoms. The monoisotopic (exact) mass is 617 g/mol. The van der Waals surface area contributed by atoms with Gasteiger partial charge < -0.3 is 24.2 Å². The normalized spacial score (nSPS) is 24.5. The van der Waals surface area contributed by atoms with E-state index in [0.29, 0.717) is 50.3 Å². The Morgan fingerprint density at radius 1 is 1.11 bits per heavy atom. The zero-order chi connectivity index (χ0) is 30.9. The van der Waals surface area contributed by atoms with Gasteiger partial charge in [-0.3, -0.25) is 4.90 Å². The van der Waals surface area contributed by atoms with Crippen molar-refractivity contribution in [1.29, 1.82) is 0 Å². The van der Waals surface area contributed by atoms with Crippen LogP contribution in [0.3, 0.4) is 0 Å². The van der Waals surface area contributed by atoms with E-state index in [9.17, 15) is 13.9 Å². The first kappa shape index (κ1) is 28.2. The van der Waals surface area contributed by atoms with Crippen molar-refractivity contribution in [2.75, 3.05) is 51.0 Å². The molecule has 4 aromatic rings. The topological polar surface area (TPSA) is 93.1 Å². The van der Waals surface area contributed by atoms with E-state index in [4.69, 9.17) is 25.6 Å². The molecule has 0 saturated carbocycles. The second-order valence-corrected chi connectivity index (χ2v) is 12.2. The van der Waals surface area contributed by atoms with Crippen LogP contribution in [-0.2, 0) is 4.74 Å². The van der Waals surface area contributed by atoms with Crippen LogP contribution in [-0.4, -0.2) is 88.8 Å². The Morgan fingerprint density at radius 3 is 2.87 bits per heavy atom. The minimum absolute atomic E-state index is 0.0510. The molecular weight excluding hydrogens is 587 g/mol. The van der Waals surface area contributed by atoms with Crippen LogP contribution >= 0.6 is 0 Å². The highest BCUT2D eigenvalue weighted by Crippen LogP contribution is 2.44. The second kappa shape index (κ2) is 10.6. The Bertz CT molecular complexity index is 1900. The number of terminal acetylenes is 1. The van der Waals surface area contributed by atoms with Gasteiger partial charge in [0, 0.05) is 37.1 Å². The van der Waals surface area contributed by atoms with Crippen molar-refractivity contribution in [3.05, 3.63) is 41.5 Å². The molecule has 2 aromatic carbocycles. The standard InChI is InChI=1S/C33H30F3N5O4/c1-2-22-24(35)6-5-18-11-21(42)12-23(25(18)22)28-27(36)29-26-30(41-9-4-10-43-15-20(41)16-44-31(26)37-28)39-32(38-29)45-17-33-7-3-8-40(33)14-19(34)13-33/h1,5-6,11-12,19-20,42H,3-4,7-10,13-17H2/t19-,20+,33+/m1/s1. The van der Waals surface area contributed by atoms with Crippen LogP contribution in [0, 0.1) is 24.0 Å². The molecule has 3 atom stereocenters. The SMILES string of the molecule is C#Cc1c(F)ccc2cc(O)cc(-c3nc4c5c(nc(OC[C@@]67CCCN6C[C@H](F)C7)nc5c3F)N3CCCOC[C@H]3CO4)c12. The predicted octanol–water partition coefficient (Wildman–Crippen LogP) is 4.75. The molecule has 0 bridgehead atoms. The first-order chi connectivity index (χ1) is 21.8.